The normalized spacial score (nSPS) is 18.1. The summed E-state index contributed by atoms with van der Waals surface area (Å²) in [6.45, 7) is 3.85. The lowest BCUT2D eigenvalue weighted by atomic mass is 10.1. The lowest BCUT2D eigenvalue weighted by Crippen LogP contribution is -2.45. The van der Waals surface area contributed by atoms with Gasteiger partial charge in [0.2, 0.25) is 17.8 Å². The number of rotatable bonds is 6. The number of furan rings is 1. The molecule has 2 aromatic carbocycles. The molecule has 5 rings (SSSR count). The van der Waals surface area contributed by atoms with Crippen LogP contribution in [0.2, 0.25) is 0 Å². The fourth-order valence-corrected chi connectivity index (χ4v) is 5.09. The Morgan fingerprint density at radius 2 is 1.75 bits per heavy atom. The number of guanidine groups is 1. The third-order valence-electron chi connectivity index (χ3n) is 7.19. The number of benzene rings is 2. The van der Waals surface area contributed by atoms with E-state index in [0.717, 1.165) is 55.5 Å². The summed E-state index contributed by atoms with van der Waals surface area (Å²) in [6, 6.07) is 12.5. The van der Waals surface area contributed by atoms with E-state index >= 15 is 0 Å². The summed E-state index contributed by atoms with van der Waals surface area (Å²) in [5.41, 5.74) is 1.88. The van der Waals surface area contributed by atoms with Gasteiger partial charge in [-0.2, -0.15) is 0 Å². The fraction of sp³-hybridized carbons (Fsp3) is 0.379. The van der Waals surface area contributed by atoms with Crippen LogP contribution in [0.4, 0.5) is 11.4 Å². The third-order valence-corrected chi connectivity index (χ3v) is 7.19. The number of fused-ring (bicyclic) bond motifs is 1. The van der Waals surface area contributed by atoms with Gasteiger partial charge in [0.25, 0.3) is 5.91 Å². The molecule has 11 heteroatoms. The maximum atomic E-state index is 13.5. The lowest BCUT2D eigenvalue weighted by molar-refractivity contribution is -0.140. The van der Waals surface area contributed by atoms with Crippen molar-refractivity contribution in [3.63, 3.8) is 0 Å². The highest BCUT2D eigenvalue weighted by Gasteiger charge is 2.30. The number of hydrogen-bond donors (Lipinski definition) is 2. The van der Waals surface area contributed by atoms with Crippen LogP contribution < -0.4 is 10.6 Å². The second-order valence-corrected chi connectivity index (χ2v) is 10.2. The number of carbonyl (C=O) groups is 3. The molecule has 3 heterocycles. The SMILES string of the molecule is Cc1cc2cc(NC(=N[C@H]3CCCCN(CC(=O)N4CCCC4)C3=O)NC(=O)c3ccc(N=O)cc3)ccc2o1. The van der Waals surface area contributed by atoms with Crippen LogP contribution in [0.5, 0.6) is 0 Å². The van der Waals surface area contributed by atoms with Crippen LogP contribution >= 0.6 is 0 Å². The van der Waals surface area contributed by atoms with E-state index in [9.17, 15) is 19.3 Å². The van der Waals surface area contributed by atoms with E-state index in [1.54, 1.807) is 11.0 Å². The Morgan fingerprint density at radius 3 is 2.50 bits per heavy atom. The Hall–Kier alpha value is -4.54. The molecule has 2 N–H and O–H groups in total. The molecule has 1 aromatic heterocycles. The van der Waals surface area contributed by atoms with Crippen molar-refractivity contribution in [2.45, 2.75) is 45.1 Å². The Balaban J connectivity index is 1.40. The Kier molecular flexibility index (Phi) is 8.18. The number of nitroso groups, excluding NO2 is 1. The first-order chi connectivity index (χ1) is 19.4. The summed E-state index contributed by atoms with van der Waals surface area (Å²) < 4.78 is 5.66. The number of likely N-dealkylation sites (tertiary alicyclic amines) is 2. The van der Waals surface area contributed by atoms with Gasteiger partial charge in [-0.15, -0.1) is 4.91 Å². The van der Waals surface area contributed by atoms with Crippen molar-refractivity contribution in [1.29, 1.82) is 0 Å². The van der Waals surface area contributed by atoms with Gasteiger partial charge >= 0.3 is 0 Å². The maximum absolute atomic E-state index is 13.5. The molecule has 208 valence electrons. The van der Waals surface area contributed by atoms with Crippen LogP contribution in [-0.4, -0.2) is 65.7 Å². The average Bonchev–Trinajstić information content (AvgIpc) is 3.59. The molecule has 3 amide bonds. The zero-order chi connectivity index (χ0) is 28.1. The molecule has 11 nitrogen and oxygen atoms in total. The van der Waals surface area contributed by atoms with Crippen molar-refractivity contribution in [3.05, 3.63) is 64.8 Å². The minimum atomic E-state index is -0.766. The van der Waals surface area contributed by atoms with Crippen molar-refractivity contribution < 1.29 is 18.8 Å². The largest absolute Gasteiger partial charge is 0.461 e. The highest BCUT2D eigenvalue weighted by Crippen LogP contribution is 2.23. The van der Waals surface area contributed by atoms with Crippen LogP contribution in [0.1, 0.15) is 48.2 Å². The quantitative estimate of drug-likeness (QED) is 0.269. The van der Waals surface area contributed by atoms with E-state index in [-0.39, 0.29) is 30.0 Å². The van der Waals surface area contributed by atoms with E-state index in [4.69, 9.17) is 4.42 Å². The van der Waals surface area contributed by atoms with Gasteiger partial charge in [-0.25, -0.2) is 4.99 Å². The zero-order valence-electron chi connectivity index (χ0n) is 22.4. The van der Waals surface area contributed by atoms with Gasteiger partial charge in [-0.1, -0.05) is 0 Å². The number of aliphatic imine (C=N–C) groups is 1. The van der Waals surface area contributed by atoms with Crippen LogP contribution in [-0.2, 0) is 9.59 Å². The van der Waals surface area contributed by atoms with Gasteiger partial charge in [0.05, 0.1) is 6.54 Å². The highest BCUT2D eigenvalue weighted by molar-refractivity contribution is 6.11. The van der Waals surface area contributed by atoms with Crippen LogP contribution in [0, 0.1) is 11.8 Å². The first-order valence-corrected chi connectivity index (χ1v) is 13.6. The van der Waals surface area contributed by atoms with Crippen LogP contribution in [0.25, 0.3) is 11.0 Å². The van der Waals surface area contributed by atoms with Crippen molar-refractivity contribution in [3.8, 4) is 0 Å². The molecule has 2 aliphatic rings. The smallest absolute Gasteiger partial charge is 0.257 e. The predicted molar refractivity (Wildman–Crippen MR) is 151 cm³/mol. The van der Waals surface area contributed by atoms with Crippen molar-refractivity contribution in [2.24, 2.45) is 10.2 Å². The first-order valence-electron chi connectivity index (χ1n) is 13.6. The summed E-state index contributed by atoms with van der Waals surface area (Å²) >= 11 is 0. The summed E-state index contributed by atoms with van der Waals surface area (Å²) in [5, 5.41) is 9.68. The Labute approximate surface area is 231 Å². The molecule has 0 unspecified atom stereocenters. The van der Waals surface area contributed by atoms with E-state index in [1.165, 1.54) is 24.3 Å². The highest BCUT2D eigenvalue weighted by atomic mass is 16.3. The van der Waals surface area contributed by atoms with E-state index in [1.807, 2.05) is 30.0 Å². The minimum Gasteiger partial charge on any atom is -0.461 e. The molecule has 1 atom stereocenters. The van der Waals surface area contributed by atoms with Gasteiger partial charge in [-0.05, 0) is 92.7 Å². The van der Waals surface area contributed by atoms with E-state index in [0.29, 0.717) is 24.2 Å². The number of hydrogen-bond acceptors (Lipinski definition) is 7. The lowest BCUT2D eigenvalue weighted by Gasteiger charge is -2.25. The second kappa shape index (κ2) is 12.1. The average molecular weight is 545 g/mol. The molecule has 0 radical (unpaired) electrons. The summed E-state index contributed by atoms with van der Waals surface area (Å²) in [7, 11) is 0. The first kappa shape index (κ1) is 27.0. The summed E-state index contributed by atoms with van der Waals surface area (Å²) in [6.07, 6.45) is 4.00. The molecule has 0 aliphatic carbocycles. The number of amides is 3. The van der Waals surface area contributed by atoms with Gasteiger partial charge in [0, 0.05) is 36.3 Å². The third kappa shape index (κ3) is 6.36. The van der Waals surface area contributed by atoms with E-state index < -0.39 is 11.9 Å². The molecule has 3 aromatic rings. The Bertz CT molecular complexity index is 1440. The number of nitrogens with one attached hydrogen (secondary N) is 2. The molecule has 0 bridgehead atoms. The minimum absolute atomic E-state index is 0.0353. The predicted octanol–water partition coefficient (Wildman–Crippen LogP) is 4.34. The molecule has 40 heavy (non-hydrogen) atoms. The molecular formula is C29H32N6O5. The monoisotopic (exact) mass is 544 g/mol. The fourth-order valence-electron chi connectivity index (χ4n) is 5.09. The maximum Gasteiger partial charge on any atom is 0.257 e. The molecule has 2 fully saturated rings. The van der Waals surface area contributed by atoms with Crippen LogP contribution in [0.3, 0.4) is 0 Å². The van der Waals surface area contributed by atoms with E-state index in [2.05, 4.69) is 20.8 Å². The number of anilines is 1. The van der Waals surface area contributed by atoms with Gasteiger partial charge < -0.3 is 19.5 Å². The summed E-state index contributed by atoms with van der Waals surface area (Å²) in [5.74, 6) is 0.134. The molecule has 2 aliphatic heterocycles. The summed E-state index contributed by atoms with van der Waals surface area (Å²) in [4.78, 5) is 58.3. The van der Waals surface area contributed by atoms with Crippen molar-refractivity contribution in [2.75, 3.05) is 31.5 Å². The number of aryl methyl sites for hydroxylation is 1. The molecule has 0 spiro atoms. The number of nitrogens with zero attached hydrogens (tertiary/aromatic N) is 4. The molecule has 2 saturated heterocycles. The van der Waals surface area contributed by atoms with Gasteiger partial charge in [-0.3, -0.25) is 19.7 Å². The van der Waals surface area contributed by atoms with Crippen molar-refractivity contribution >= 4 is 46.0 Å². The van der Waals surface area contributed by atoms with Gasteiger partial charge in [0.15, 0.2) is 0 Å². The zero-order valence-corrected chi connectivity index (χ0v) is 22.4. The standard InChI is InChI=1S/C29H32N6O5/c1-19-16-21-17-23(11-12-25(21)40-19)30-29(32-27(37)20-7-9-22(33-39)10-8-20)31-24-6-2-3-15-35(28(24)38)18-26(36)34-13-4-5-14-34/h7-12,16-17,24H,2-6,13-15,18H2,1H3,(H2,30,31,32,37)/t24-/m0/s1. The van der Waals surface area contributed by atoms with Gasteiger partial charge in [0.1, 0.15) is 23.1 Å². The van der Waals surface area contributed by atoms with Crippen molar-refractivity contribution in [1.82, 2.24) is 15.1 Å². The van der Waals surface area contributed by atoms with Crippen LogP contribution in [0.15, 0.2) is 63.1 Å². The Morgan fingerprint density at radius 1 is 1.00 bits per heavy atom. The topological polar surface area (TPSA) is 137 Å². The second-order valence-electron chi connectivity index (χ2n) is 10.2. The molecule has 0 saturated carbocycles. The molecular weight excluding hydrogens is 512 g/mol. The number of carbonyl (C=O) groups excluding carboxylic acids is 3.